The van der Waals surface area contributed by atoms with Crippen LogP contribution in [0.25, 0.3) is 0 Å². The van der Waals surface area contributed by atoms with Crippen LogP contribution in [0.3, 0.4) is 0 Å². The van der Waals surface area contributed by atoms with Crippen molar-refractivity contribution in [3.63, 3.8) is 0 Å². The van der Waals surface area contributed by atoms with Gasteiger partial charge in [-0.2, -0.15) is 0 Å². The second-order valence-corrected chi connectivity index (χ2v) is 4.18. The van der Waals surface area contributed by atoms with E-state index in [0.29, 0.717) is 11.4 Å². The average Bonchev–Trinajstić information content (AvgIpc) is 2.47. The van der Waals surface area contributed by atoms with E-state index in [1.54, 1.807) is 36.4 Å². The lowest BCUT2D eigenvalue weighted by molar-refractivity contribution is -0.139. The molecular weight excluding hydrogens is 274 g/mol. The highest BCUT2D eigenvalue weighted by molar-refractivity contribution is 6.06. The maximum atomic E-state index is 12.0. The number of phenolic OH excluding ortho intramolecular Hbond substituents is 1. The van der Waals surface area contributed by atoms with Gasteiger partial charge in [0.25, 0.3) is 5.91 Å². The molecule has 21 heavy (non-hydrogen) atoms. The van der Waals surface area contributed by atoms with Crippen LogP contribution < -0.4 is 10.1 Å². The van der Waals surface area contributed by atoms with Crippen LogP contribution >= 0.6 is 0 Å². The van der Waals surface area contributed by atoms with Crippen LogP contribution in [-0.2, 0) is 4.79 Å². The second-order valence-electron chi connectivity index (χ2n) is 4.18. The molecule has 0 fully saturated rings. The molecule has 0 atom stereocenters. The SMILES string of the molecule is O=C(O)COc1ccc(NC(=O)c2ccccc2O)cc1. The number of carbonyl (C=O) groups is 2. The zero-order valence-corrected chi connectivity index (χ0v) is 10.9. The fraction of sp³-hybridized carbons (Fsp3) is 0.0667. The van der Waals surface area contributed by atoms with Gasteiger partial charge in [0.1, 0.15) is 11.5 Å². The van der Waals surface area contributed by atoms with E-state index >= 15 is 0 Å². The van der Waals surface area contributed by atoms with E-state index in [1.807, 2.05) is 0 Å². The number of benzene rings is 2. The number of anilines is 1. The lowest BCUT2D eigenvalue weighted by Gasteiger charge is -2.08. The summed E-state index contributed by atoms with van der Waals surface area (Å²) in [6.45, 7) is -0.427. The lowest BCUT2D eigenvalue weighted by Crippen LogP contribution is -2.12. The molecule has 2 aromatic rings. The quantitative estimate of drug-likeness (QED) is 0.782. The largest absolute Gasteiger partial charge is 0.507 e. The smallest absolute Gasteiger partial charge is 0.341 e. The Morgan fingerprint density at radius 2 is 1.71 bits per heavy atom. The van der Waals surface area contributed by atoms with Crippen LogP contribution in [0.5, 0.6) is 11.5 Å². The van der Waals surface area contributed by atoms with Gasteiger partial charge in [-0.25, -0.2) is 4.79 Å². The molecule has 2 aromatic carbocycles. The summed E-state index contributed by atoms with van der Waals surface area (Å²) in [5, 5.41) is 20.7. The van der Waals surface area contributed by atoms with Crippen LogP contribution in [0.1, 0.15) is 10.4 Å². The number of para-hydroxylation sites is 1. The molecule has 0 radical (unpaired) electrons. The summed E-state index contributed by atoms with van der Waals surface area (Å²) in [7, 11) is 0. The maximum Gasteiger partial charge on any atom is 0.341 e. The Balaban J connectivity index is 2.02. The molecule has 0 aliphatic carbocycles. The Bertz CT molecular complexity index is 651. The van der Waals surface area contributed by atoms with Crippen molar-refractivity contribution in [2.24, 2.45) is 0 Å². The molecule has 2 rings (SSSR count). The highest BCUT2D eigenvalue weighted by Crippen LogP contribution is 2.19. The highest BCUT2D eigenvalue weighted by Gasteiger charge is 2.10. The van der Waals surface area contributed by atoms with Crippen molar-refractivity contribution in [2.75, 3.05) is 11.9 Å². The monoisotopic (exact) mass is 287 g/mol. The number of ether oxygens (including phenoxy) is 1. The summed E-state index contributed by atoms with van der Waals surface area (Å²) in [4.78, 5) is 22.3. The zero-order chi connectivity index (χ0) is 15.2. The highest BCUT2D eigenvalue weighted by atomic mass is 16.5. The lowest BCUT2D eigenvalue weighted by atomic mass is 10.2. The van der Waals surface area contributed by atoms with Crippen molar-refractivity contribution in [3.05, 3.63) is 54.1 Å². The van der Waals surface area contributed by atoms with Gasteiger partial charge in [-0.1, -0.05) is 12.1 Å². The van der Waals surface area contributed by atoms with Crippen LogP contribution in [0.4, 0.5) is 5.69 Å². The molecule has 108 valence electrons. The first-order valence-corrected chi connectivity index (χ1v) is 6.10. The minimum Gasteiger partial charge on any atom is -0.507 e. The summed E-state index contributed by atoms with van der Waals surface area (Å²) in [6, 6.07) is 12.5. The molecule has 3 N–H and O–H groups in total. The molecule has 0 aliphatic rings. The molecule has 0 aromatic heterocycles. The molecule has 6 heteroatoms. The number of carbonyl (C=O) groups excluding carboxylic acids is 1. The maximum absolute atomic E-state index is 12.0. The summed E-state index contributed by atoms with van der Waals surface area (Å²) < 4.78 is 4.98. The topological polar surface area (TPSA) is 95.9 Å². The molecule has 0 spiro atoms. The molecular formula is C15H13NO5. The van der Waals surface area contributed by atoms with E-state index in [0.717, 1.165) is 0 Å². The fourth-order valence-corrected chi connectivity index (χ4v) is 1.64. The number of aliphatic carboxylic acids is 1. The van der Waals surface area contributed by atoms with Gasteiger partial charge < -0.3 is 20.3 Å². The number of phenols is 1. The number of nitrogens with one attached hydrogen (secondary N) is 1. The molecule has 0 bridgehead atoms. The number of hydrogen-bond donors (Lipinski definition) is 3. The number of amides is 1. The Hall–Kier alpha value is -3.02. The van der Waals surface area contributed by atoms with Crippen LogP contribution in [0.15, 0.2) is 48.5 Å². The Morgan fingerprint density at radius 1 is 1.05 bits per heavy atom. The number of aromatic hydroxyl groups is 1. The first-order chi connectivity index (χ1) is 10.1. The zero-order valence-electron chi connectivity index (χ0n) is 10.9. The first-order valence-electron chi connectivity index (χ1n) is 6.10. The number of hydrogen-bond acceptors (Lipinski definition) is 4. The minimum absolute atomic E-state index is 0.101. The van der Waals surface area contributed by atoms with E-state index in [-0.39, 0.29) is 11.3 Å². The Kier molecular flexibility index (Phi) is 4.40. The third-order valence-corrected chi connectivity index (χ3v) is 2.62. The van der Waals surface area contributed by atoms with Gasteiger partial charge >= 0.3 is 5.97 Å². The van der Waals surface area contributed by atoms with E-state index in [1.165, 1.54) is 12.1 Å². The molecule has 0 heterocycles. The van der Waals surface area contributed by atoms with Crippen molar-refractivity contribution in [2.45, 2.75) is 0 Å². The standard InChI is InChI=1S/C15H13NO5/c17-13-4-2-1-3-12(13)15(20)16-10-5-7-11(8-6-10)21-9-14(18)19/h1-8,17H,9H2,(H,16,20)(H,18,19). The Morgan fingerprint density at radius 3 is 2.33 bits per heavy atom. The molecule has 0 saturated heterocycles. The summed E-state index contributed by atoms with van der Waals surface area (Å²) in [5.74, 6) is -1.21. The van der Waals surface area contributed by atoms with Crippen molar-refractivity contribution in [1.29, 1.82) is 0 Å². The van der Waals surface area contributed by atoms with Gasteiger partial charge in [-0.15, -0.1) is 0 Å². The fourth-order valence-electron chi connectivity index (χ4n) is 1.64. The van der Waals surface area contributed by atoms with Crippen LogP contribution in [-0.4, -0.2) is 28.7 Å². The third-order valence-electron chi connectivity index (χ3n) is 2.62. The van der Waals surface area contributed by atoms with E-state index in [9.17, 15) is 14.7 Å². The summed E-state index contributed by atoms with van der Waals surface area (Å²) >= 11 is 0. The minimum atomic E-state index is -1.06. The first kappa shape index (κ1) is 14.4. The van der Waals surface area contributed by atoms with Crippen molar-refractivity contribution >= 4 is 17.6 Å². The van der Waals surface area contributed by atoms with Gasteiger partial charge in [0, 0.05) is 5.69 Å². The summed E-state index contributed by atoms with van der Waals surface area (Å²) in [6.07, 6.45) is 0. The van der Waals surface area contributed by atoms with Crippen molar-refractivity contribution in [1.82, 2.24) is 0 Å². The average molecular weight is 287 g/mol. The molecule has 0 aliphatic heterocycles. The predicted octanol–water partition coefficient (Wildman–Crippen LogP) is 2.11. The molecule has 0 unspecified atom stereocenters. The molecule has 6 nitrogen and oxygen atoms in total. The van der Waals surface area contributed by atoms with E-state index in [2.05, 4.69) is 5.32 Å². The van der Waals surface area contributed by atoms with Crippen molar-refractivity contribution in [3.8, 4) is 11.5 Å². The third kappa shape index (κ3) is 3.97. The van der Waals surface area contributed by atoms with E-state index in [4.69, 9.17) is 9.84 Å². The molecule has 0 saturated carbocycles. The van der Waals surface area contributed by atoms with Crippen LogP contribution in [0, 0.1) is 0 Å². The summed E-state index contributed by atoms with van der Waals surface area (Å²) in [5.41, 5.74) is 0.676. The van der Waals surface area contributed by atoms with Gasteiger partial charge in [0.15, 0.2) is 6.61 Å². The Labute approximate surface area is 120 Å². The molecule has 1 amide bonds. The number of carboxylic acid groups (broad SMARTS) is 1. The van der Waals surface area contributed by atoms with Gasteiger partial charge in [-0.05, 0) is 36.4 Å². The predicted molar refractivity (Wildman–Crippen MR) is 75.6 cm³/mol. The number of carboxylic acids is 1. The van der Waals surface area contributed by atoms with E-state index < -0.39 is 18.5 Å². The van der Waals surface area contributed by atoms with Gasteiger partial charge in [-0.3, -0.25) is 4.79 Å². The second kappa shape index (κ2) is 6.42. The van der Waals surface area contributed by atoms with Crippen LogP contribution in [0.2, 0.25) is 0 Å². The van der Waals surface area contributed by atoms with Crippen molar-refractivity contribution < 1.29 is 24.5 Å². The number of rotatable bonds is 5. The normalized spacial score (nSPS) is 9.90. The van der Waals surface area contributed by atoms with Gasteiger partial charge in [0.05, 0.1) is 5.56 Å². The van der Waals surface area contributed by atoms with Gasteiger partial charge in [0.2, 0.25) is 0 Å².